The number of nitro groups is 1. The van der Waals surface area contributed by atoms with Crippen molar-refractivity contribution in [3.05, 3.63) is 74.1 Å². The Labute approximate surface area is 168 Å². The molecule has 3 aromatic heterocycles. The van der Waals surface area contributed by atoms with Gasteiger partial charge in [0.2, 0.25) is 5.71 Å². The van der Waals surface area contributed by atoms with Crippen molar-refractivity contribution in [2.45, 2.75) is 13.8 Å². The molecule has 0 radical (unpaired) electrons. The molecule has 1 N–H and O–H groups in total. The van der Waals surface area contributed by atoms with Crippen LogP contribution in [0.4, 0.5) is 11.5 Å². The quantitative estimate of drug-likeness (QED) is 0.404. The van der Waals surface area contributed by atoms with Gasteiger partial charge >= 0.3 is 0 Å². The summed E-state index contributed by atoms with van der Waals surface area (Å²) < 4.78 is 8.19. The van der Waals surface area contributed by atoms with Gasteiger partial charge in [0.15, 0.2) is 0 Å². The zero-order valence-electron chi connectivity index (χ0n) is 16.2. The van der Waals surface area contributed by atoms with Gasteiger partial charge < -0.3 is 14.3 Å². The van der Waals surface area contributed by atoms with Gasteiger partial charge in [-0.3, -0.25) is 19.7 Å². The van der Waals surface area contributed by atoms with E-state index < -0.39 is 16.4 Å². The van der Waals surface area contributed by atoms with Crippen molar-refractivity contribution < 1.29 is 14.1 Å². The normalized spacial score (nSPS) is 11.0. The van der Waals surface area contributed by atoms with Crippen molar-refractivity contribution in [1.29, 1.82) is 0 Å². The highest BCUT2D eigenvalue weighted by atomic mass is 16.6. The van der Waals surface area contributed by atoms with Crippen LogP contribution in [0.5, 0.6) is 0 Å². The Morgan fingerprint density at radius 2 is 1.93 bits per heavy atom. The van der Waals surface area contributed by atoms with Crippen molar-refractivity contribution in [2.75, 3.05) is 5.32 Å². The predicted octanol–water partition coefficient (Wildman–Crippen LogP) is 2.49. The van der Waals surface area contributed by atoms with Gasteiger partial charge in [-0.2, -0.15) is 5.10 Å². The fourth-order valence-electron chi connectivity index (χ4n) is 3.14. The van der Waals surface area contributed by atoms with Crippen molar-refractivity contribution in [2.24, 2.45) is 7.05 Å². The first-order valence-electron chi connectivity index (χ1n) is 8.84. The molecule has 0 fully saturated rings. The minimum Gasteiger partial charge on any atom is -0.442 e. The van der Waals surface area contributed by atoms with Crippen molar-refractivity contribution in [3.63, 3.8) is 0 Å². The highest BCUT2D eigenvalue weighted by molar-refractivity contribution is 6.12. The molecule has 152 valence electrons. The molecular formula is C19H16N6O5. The number of rotatable bonds is 4. The van der Waals surface area contributed by atoms with Crippen molar-refractivity contribution >= 4 is 28.5 Å². The SMILES string of the molecule is Cc1cc(NC(=O)c2c(C)oc3ncn(C)c(=O)c23)n(-c2ccc([N+](=O)[O-])cc2)n1. The third kappa shape index (κ3) is 3.11. The Kier molecular flexibility index (Phi) is 4.42. The van der Waals surface area contributed by atoms with E-state index in [1.54, 1.807) is 19.9 Å². The lowest BCUT2D eigenvalue weighted by molar-refractivity contribution is -0.384. The maximum atomic E-state index is 13.0. The molecule has 4 rings (SSSR count). The lowest BCUT2D eigenvalue weighted by Crippen LogP contribution is -2.21. The number of nitro benzene ring substituents is 1. The molecule has 0 bridgehead atoms. The summed E-state index contributed by atoms with van der Waals surface area (Å²) in [5, 5.41) is 18.0. The van der Waals surface area contributed by atoms with Gasteiger partial charge in [-0.1, -0.05) is 0 Å². The van der Waals surface area contributed by atoms with E-state index in [0.29, 0.717) is 17.2 Å². The lowest BCUT2D eigenvalue weighted by atomic mass is 10.2. The van der Waals surface area contributed by atoms with Crippen LogP contribution in [0.2, 0.25) is 0 Å². The fourth-order valence-corrected chi connectivity index (χ4v) is 3.14. The first kappa shape index (κ1) is 19.1. The zero-order valence-corrected chi connectivity index (χ0v) is 16.2. The number of carbonyl (C=O) groups excluding carboxylic acids is 1. The van der Waals surface area contributed by atoms with Crippen LogP contribution in [0, 0.1) is 24.0 Å². The number of hydrogen-bond acceptors (Lipinski definition) is 7. The maximum absolute atomic E-state index is 13.0. The van der Waals surface area contributed by atoms with E-state index in [1.165, 1.54) is 46.9 Å². The number of aromatic nitrogens is 4. The summed E-state index contributed by atoms with van der Waals surface area (Å²) in [7, 11) is 1.53. The van der Waals surface area contributed by atoms with E-state index in [-0.39, 0.29) is 28.1 Å². The third-order valence-electron chi connectivity index (χ3n) is 4.55. The first-order valence-corrected chi connectivity index (χ1v) is 8.84. The van der Waals surface area contributed by atoms with Crippen molar-refractivity contribution in [1.82, 2.24) is 19.3 Å². The number of hydrogen-bond donors (Lipinski definition) is 1. The number of benzene rings is 1. The monoisotopic (exact) mass is 408 g/mol. The summed E-state index contributed by atoms with van der Waals surface area (Å²) in [6.07, 6.45) is 1.32. The van der Waals surface area contributed by atoms with E-state index >= 15 is 0 Å². The highest BCUT2D eigenvalue weighted by Gasteiger charge is 2.24. The second-order valence-corrected chi connectivity index (χ2v) is 6.68. The molecule has 0 aliphatic carbocycles. The molecule has 0 atom stereocenters. The molecule has 11 heteroatoms. The predicted molar refractivity (Wildman–Crippen MR) is 107 cm³/mol. The molecule has 3 heterocycles. The van der Waals surface area contributed by atoms with Crippen LogP contribution in [0.15, 0.2) is 45.9 Å². The Balaban J connectivity index is 1.74. The molecule has 1 aromatic carbocycles. The number of furan rings is 1. The molecule has 0 aliphatic rings. The summed E-state index contributed by atoms with van der Waals surface area (Å²) in [4.78, 5) is 40.0. The molecule has 30 heavy (non-hydrogen) atoms. The van der Waals surface area contributed by atoms with E-state index in [2.05, 4.69) is 15.4 Å². The van der Waals surface area contributed by atoms with Gasteiger partial charge in [-0.15, -0.1) is 0 Å². The van der Waals surface area contributed by atoms with Gasteiger partial charge in [-0.25, -0.2) is 9.67 Å². The van der Waals surface area contributed by atoms with Gasteiger partial charge in [0.05, 0.1) is 21.9 Å². The number of amides is 1. The average Bonchev–Trinajstić information content (AvgIpc) is 3.24. The molecule has 0 spiro atoms. The van der Waals surface area contributed by atoms with Crippen LogP contribution in [0.1, 0.15) is 21.8 Å². The number of carbonyl (C=O) groups is 1. The number of non-ortho nitro benzene ring substituents is 1. The Morgan fingerprint density at radius 3 is 2.60 bits per heavy atom. The van der Waals surface area contributed by atoms with Crippen LogP contribution < -0.4 is 10.9 Å². The van der Waals surface area contributed by atoms with E-state index in [1.807, 2.05) is 0 Å². The minimum absolute atomic E-state index is 0.0583. The second kappa shape index (κ2) is 6.95. The van der Waals surface area contributed by atoms with Crippen LogP contribution >= 0.6 is 0 Å². The van der Waals surface area contributed by atoms with Gasteiger partial charge in [0.1, 0.15) is 23.3 Å². The molecule has 0 aliphatic heterocycles. The largest absolute Gasteiger partial charge is 0.442 e. The van der Waals surface area contributed by atoms with Crippen LogP contribution in [0.3, 0.4) is 0 Å². The molecule has 11 nitrogen and oxygen atoms in total. The number of nitrogens with zero attached hydrogens (tertiary/aromatic N) is 5. The van der Waals surface area contributed by atoms with E-state index in [9.17, 15) is 19.7 Å². The molecule has 0 saturated heterocycles. The highest BCUT2D eigenvalue weighted by Crippen LogP contribution is 2.24. The van der Waals surface area contributed by atoms with E-state index in [4.69, 9.17) is 4.42 Å². The Morgan fingerprint density at radius 1 is 1.23 bits per heavy atom. The summed E-state index contributed by atoms with van der Waals surface area (Å²) in [5.74, 6) is 0.0386. The summed E-state index contributed by atoms with van der Waals surface area (Å²) in [5.41, 5.74) is 0.859. The Hall–Kier alpha value is -4.28. The number of fused-ring (bicyclic) bond motifs is 1. The summed E-state index contributed by atoms with van der Waals surface area (Å²) in [6, 6.07) is 7.40. The number of nitrogens with one attached hydrogen (secondary N) is 1. The van der Waals surface area contributed by atoms with Crippen LogP contribution in [0.25, 0.3) is 16.8 Å². The smallest absolute Gasteiger partial charge is 0.269 e. The summed E-state index contributed by atoms with van der Waals surface area (Å²) in [6.45, 7) is 3.32. The molecule has 4 aromatic rings. The standard InChI is InChI=1S/C19H16N6O5/c1-10-8-14(24(22-10)12-4-6-13(7-5-12)25(28)29)21-17(26)15-11(2)30-18-16(15)19(27)23(3)9-20-18/h4-9H,1-3H3,(H,21,26). The maximum Gasteiger partial charge on any atom is 0.269 e. The van der Waals surface area contributed by atoms with Crippen molar-refractivity contribution in [3.8, 4) is 5.69 Å². The van der Waals surface area contributed by atoms with Crippen LogP contribution in [-0.4, -0.2) is 30.2 Å². The van der Waals surface area contributed by atoms with Gasteiger partial charge in [-0.05, 0) is 26.0 Å². The fraction of sp³-hybridized carbons (Fsp3) is 0.158. The second-order valence-electron chi connectivity index (χ2n) is 6.68. The number of aryl methyl sites for hydroxylation is 3. The zero-order chi connectivity index (χ0) is 21.6. The van der Waals surface area contributed by atoms with E-state index in [0.717, 1.165) is 0 Å². The molecule has 1 amide bonds. The van der Waals surface area contributed by atoms with Gasteiger partial charge in [0, 0.05) is 25.2 Å². The molecule has 0 unspecified atom stereocenters. The summed E-state index contributed by atoms with van der Waals surface area (Å²) >= 11 is 0. The lowest BCUT2D eigenvalue weighted by Gasteiger charge is -2.09. The molecule has 0 saturated carbocycles. The topological polar surface area (TPSA) is 138 Å². The average molecular weight is 408 g/mol. The Bertz CT molecular complexity index is 1360. The van der Waals surface area contributed by atoms with Gasteiger partial charge in [0.25, 0.3) is 17.2 Å². The first-order chi connectivity index (χ1) is 14.3. The number of anilines is 1. The third-order valence-corrected chi connectivity index (χ3v) is 4.55. The minimum atomic E-state index is -0.556. The van der Waals surface area contributed by atoms with Crippen LogP contribution in [-0.2, 0) is 7.05 Å². The molecular weight excluding hydrogens is 392 g/mol.